The molecule has 0 aromatic rings. The van der Waals surface area contributed by atoms with Gasteiger partial charge in [-0.2, -0.15) is 5.82 Å². The summed E-state index contributed by atoms with van der Waals surface area (Å²) in [4.78, 5) is 0. The van der Waals surface area contributed by atoms with Crippen molar-refractivity contribution in [2.75, 3.05) is 6.54 Å². The van der Waals surface area contributed by atoms with Crippen molar-refractivity contribution in [1.29, 1.82) is 0 Å². The van der Waals surface area contributed by atoms with Gasteiger partial charge in [0.2, 0.25) is 0 Å². The molecule has 0 saturated carbocycles. The lowest BCUT2D eigenvalue weighted by Gasteiger charge is -1.60. The molecule has 1 nitrogen and oxygen atoms in total. The quantitative estimate of drug-likeness (QED) is 0.493. The largest absolute Gasteiger partial charge is 0.320 e. The molecule has 0 rings (SSSR count). The second-order valence-electron chi connectivity index (χ2n) is 1.53. The highest BCUT2D eigenvalue weighted by atomic mass is 14.5. The lowest BCUT2D eigenvalue weighted by Crippen LogP contribution is -1.91. The van der Waals surface area contributed by atoms with Gasteiger partial charge in [-0.3, -0.25) is 0 Å². The van der Waals surface area contributed by atoms with E-state index in [1.165, 1.54) is 0 Å². The Morgan fingerprint density at radius 2 is 1.12 bits per heavy atom. The van der Waals surface area contributed by atoms with Gasteiger partial charge >= 0.3 is 0 Å². The van der Waals surface area contributed by atoms with Crippen LogP contribution in [0.3, 0.4) is 0 Å². The van der Waals surface area contributed by atoms with Crippen molar-refractivity contribution < 1.29 is 0 Å². The molecule has 0 amide bonds. The average Bonchev–Trinajstić information content (AvgIpc) is 2.20. The Labute approximate surface area is 106 Å². The average molecular weight is 221 g/mol. The van der Waals surface area contributed by atoms with Crippen LogP contribution in [-0.4, -0.2) is 14.4 Å². The van der Waals surface area contributed by atoms with E-state index >= 15 is 0 Å². The third-order valence-corrected chi connectivity index (χ3v) is 0.673. The second kappa shape index (κ2) is 68.0. The van der Waals surface area contributed by atoms with Gasteiger partial charge in [0, 0.05) is 0 Å². The molecule has 0 saturated heterocycles. The Morgan fingerprint density at radius 1 is 0.812 bits per heavy atom. The molecule has 0 atom stereocenters. The van der Waals surface area contributed by atoms with Gasteiger partial charge in [0.05, 0.1) is 6.54 Å². The highest BCUT2D eigenvalue weighted by Crippen LogP contribution is 1.40. The minimum Gasteiger partial charge on any atom is -0.320 e. The Bertz CT molecular complexity index is 207. The van der Waals surface area contributed by atoms with Gasteiger partial charge in [0.1, 0.15) is 0 Å². The summed E-state index contributed by atoms with van der Waals surface area (Å²) in [5.41, 5.74) is 4.97. The molecule has 92 valence electrons. The maximum absolute atomic E-state index is 4.97. The molecule has 0 aromatic carbocycles. The topological polar surface area (TPSA) is 26.0 Å². The summed E-state index contributed by atoms with van der Waals surface area (Å²) in [6.45, 7) is 7.59. The lowest BCUT2D eigenvalue weighted by atomic mass is 10.2. The Kier molecular flexibility index (Phi) is 155. The summed E-state index contributed by atoms with van der Waals surface area (Å²) in [7, 11) is 4.67. The van der Waals surface area contributed by atoms with Crippen LogP contribution in [0, 0.1) is 35.4 Å². The molecular weight excluding hydrogens is 193 g/mol. The van der Waals surface area contributed by atoms with Crippen molar-refractivity contribution in [2.24, 2.45) is 5.73 Å². The monoisotopic (exact) mass is 221 g/mol. The summed E-state index contributed by atoms with van der Waals surface area (Å²) >= 11 is 0. The second-order valence-corrected chi connectivity index (χ2v) is 1.53. The van der Waals surface area contributed by atoms with Crippen LogP contribution in [-0.2, 0) is 0 Å². The predicted octanol–water partition coefficient (Wildman–Crippen LogP) is 3.04. The Hall–Kier alpha value is -1.30. The van der Waals surface area contributed by atoms with E-state index in [9.17, 15) is 0 Å². The molecule has 16 heavy (non-hydrogen) atoms. The number of hydrogen-bond acceptors (Lipinski definition) is 1. The van der Waals surface area contributed by atoms with Crippen LogP contribution in [0.2, 0.25) is 0 Å². The zero-order chi connectivity index (χ0) is 10.9. The van der Waals surface area contributed by atoms with E-state index in [1.807, 2.05) is 13.8 Å². The van der Waals surface area contributed by atoms with Gasteiger partial charge in [-0.05, 0) is 27.7 Å². The van der Waals surface area contributed by atoms with Gasteiger partial charge in [-0.25, -0.2) is 0 Å². The summed E-state index contributed by atoms with van der Waals surface area (Å²) in [5.74, 6) is 15.3. The van der Waals surface area contributed by atoms with Crippen LogP contribution >= 0.6 is 0 Å². The molecular formula is C14H28BN. The first-order valence-electron chi connectivity index (χ1n) is 3.80. The lowest BCUT2D eigenvalue weighted by molar-refractivity contribution is 1.30. The van der Waals surface area contributed by atoms with Crippen molar-refractivity contribution in [3.05, 3.63) is 0 Å². The Balaban J connectivity index is -0.0000000216. The molecule has 0 unspecified atom stereocenters. The molecule has 2 heteroatoms. The van der Waals surface area contributed by atoms with Gasteiger partial charge in [-0.1, -0.05) is 28.2 Å². The first-order valence-corrected chi connectivity index (χ1v) is 3.80. The summed E-state index contributed by atoms with van der Waals surface area (Å²) in [6.07, 6.45) is 0. The van der Waals surface area contributed by atoms with Gasteiger partial charge < -0.3 is 5.73 Å². The van der Waals surface area contributed by atoms with Crippen LogP contribution in [0.15, 0.2) is 0 Å². The summed E-state index contributed by atoms with van der Waals surface area (Å²) < 4.78 is 0. The minimum absolute atomic E-state index is 0. The zero-order valence-corrected chi connectivity index (χ0v) is 8.86. The maximum atomic E-state index is 4.97. The molecule has 0 bridgehead atoms. The van der Waals surface area contributed by atoms with E-state index in [2.05, 4.69) is 43.3 Å². The SMILES string of the molecule is C.C.C.CC#CC.CC#CCN.[B]C#CC. The number of rotatable bonds is 0. The first-order chi connectivity index (χ1) is 6.24. The fraction of sp³-hybridized carbons (Fsp3) is 0.571. The van der Waals surface area contributed by atoms with Crippen molar-refractivity contribution in [1.82, 2.24) is 0 Å². The van der Waals surface area contributed by atoms with Crippen LogP contribution in [0.1, 0.15) is 50.0 Å². The molecule has 0 aliphatic rings. The van der Waals surface area contributed by atoms with E-state index in [0.29, 0.717) is 6.54 Å². The molecule has 0 aromatic heterocycles. The molecule has 0 aliphatic heterocycles. The fourth-order valence-electron chi connectivity index (χ4n) is 0.102. The molecule has 0 heterocycles. The van der Waals surface area contributed by atoms with E-state index in [0.717, 1.165) is 0 Å². The first kappa shape index (κ1) is 36.4. The molecule has 0 spiro atoms. The molecule has 2 radical (unpaired) electrons. The van der Waals surface area contributed by atoms with Crippen molar-refractivity contribution >= 4 is 7.85 Å². The summed E-state index contributed by atoms with van der Waals surface area (Å²) in [5, 5.41) is 0. The fourth-order valence-corrected chi connectivity index (χ4v) is 0.102. The van der Waals surface area contributed by atoms with Crippen molar-refractivity contribution in [3.63, 3.8) is 0 Å². The van der Waals surface area contributed by atoms with E-state index in [-0.39, 0.29) is 22.3 Å². The van der Waals surface area contributed by atoms with Crippen LogP contribution in [0.25, 0.3) is 0 Å². The van der Waals surface area contributed by atoms with Crippen LogP contribution < -0.4 is 5.73 Å². The van der Waals surface area contributed by atoms with Gasteiger partial charge in [0.15, 0.2) is 7.85 Å². The number of hydrogen-bond donors (Lipinski definition) is 1. The predicted molar refractivity (Wildman–Crippen MR) is 81.0 cm³/mol. The van der Waals surface area contributed by atoms with E-state index in [4.69, 9.17) is 5.73 Å². The number of nitrogens with two attached hydrogens (primary N) is 1. The van der Waals surface area contributed by atoms with E-state index in [1.54, 1.807) is 13.8 Å². The molecule has 2 N–H and O–H groups in total. The van der Waals surface area contributed by atoms with Crippen molar-refractivity contribution in [3.8, 4) is 35.4 Å². The standard InChI is InChI=1S/C4H7N.C4H6.C3H3B.3CH4/c1-2-3-4-5;1-3-4-2;1-2-3-4;;;/h4-5H2,1H3;1-2H3;1H3;3*1H4. The maximum Gasteiger partial charge on any atom is 0.187 e. The third kappa shape index (κ3) is 238. The highest BCUT2D eigenvalue weighted by Gasteiger charge is 1.47. The van der Waals surface area contributed by atoms with E-state index < -0.39 is 0 Å². The van der Waals surface area contributed by atoms with Crippen LogP contribution in [0.5, 0.6) is 0 Å². The highest BCUT2D eigenvalue weighted by molar-refractivity contribution is 6.22. The molecule has 0 aliphatic carbocycles. The minimum atomic E-state index is 0. The Morgan fingerprint density at radius 3 is 1.12 bits per heavy atom. The van der Waals surface area contributed by atoms with Crippen molar-refractivity contribution in [2.45, 2.75) is 50.0 Å². The van der Waals surface area contributed by atoms with Gasteiger partial charge in [-0.15, -0.1) is 23.7 Å². The van der Waals surface area contributed by atoms with Crippen LogP contribution in [0.4, 0.5) is 0 Å². The molecule has 0 fully saturated rings. The smallest absolute Gasteiger partial charge is 0.187 e. The third-order valence-electron chi connectivity index (χ3n) is 0.673. The zero-order valence-electron chi connectivity index (χ0n) is 8.86. The van der Waals surface area contributed by atoms with Gasteiger partial charge in [0.25, 0.3) is 0 Å². The normalized spacial score (nSPS) is 3.31. The summed E-state index contributed by atoms with van der Waals surface area (Å²) in [6, 6.07) is 0.